The molecule has 0 heterocycles. The molecule has 152 valence electrons. The van der Waals surface area contributed by atoms with Gasteiger partial charge in [-0.3, -0.25) is 4.55 Å². The van der Waals surface area contributed by atoms with Crippen molar-refractivity contribution in [3.05, 3.63) is 91.4 Å². The average molecular weight is 494 g/mol. The lowest BCUT2D eigenvalue weighted by Crippen LogP contribution is -2.39. The average Bonchev–Trinajstić information content (AvgIpc) is 2.61. The fraction of sp³-hybridized carbons (Fsp3) is 0.0526. The molecule has 0 aromatic heterocycles. The van der Waals surface area contributed by atoms with Crippen LogP contribution < -0.4 is 0 Å². The zero-order valence-electron chi connectivity index (χ0n) is 14.3. The summed E-state index contributed by atoms with van der Waals surface area (Å²) in [5.74, 6) is -0.847. The van der Waals surface area contributed by atoms with Crippen molar-refractivity contribution in [2.24, 2.45) is 0 Å². The van der Waals surface area contributed by atoms with E-state index in [1.807, 2.05) is 0 Å². The zero-order valence-corrected chi connectivity index (χ0v) is 18.1. The second-order valence-electron chi connectivity index (χ2n) is 6.08. The first-order valence-corrected chi connectivity index (χ1v) is 10.8. The molecule has 10 heteroatoms. The lowest BCUT2D eigenvalue weighted by molar-refractivity contribution is 0.440. The van der Waals surface area contributed by atoms with Gasteiger partial charge in [-0.05, 0) is 24.3 Å². The molecular formula is C19H12Cl4O5S. The summed E-state index contributed by atoms with van der Waals surface area (Å²) in [4.78, 5) is 0. The van der Waals surface area contributed by atoms with E-state index in [-0.39, 0.29) is 36.8 Å². The van der Waals surface area contributed by atoms with Crippen molar-refractivity contribution in [1.82, 2.24) is 0 Å². The van der Waals surface area contributed by atoms with Gasteiger partial charge in [0.15, 0.2) is 4.75 Å². The molecule has 0 saturated carbocycles. The lowest BCUT2D eigenvalue weighted by atomic mass is 9.83. The normalized spacial score (nSPS) is 13.8. The number of hydrogen-bond donors (Lipinski definition) is 3. The van der Waals surface area contributed by atoms with Gasteiger partial charge in [0.2, 0.25) is 0 Å². The highest BCUT2D eigenvalue weighted by Crippen LogP contribution is 2.52. The van der Waals surface area contributed by atoms with E-state index in [0.29, 0.717) is 0 Å². The van der Waals surface area contributed by atoms with Gasteiger partial charge in [-0.2, -0.15) is 8.42 Å². The van der Waals surface area contributed by atoms with Gasteiger partial charge in [-0.15, -0.1) is 0 Å². The summed E-state index contributed by atoms with van der Waals surface area (Å²) in [6, 6.07) is 11.6. The third kappa shape index (κ3) is 3.65. The summed E-state index contributed by atoms with van der Waals surface area (Å²) >= 11 is 24.6. The summed E-state index contributed by atoms with van der Waals surface area (Å²) in [6.45, 7) is 0. The van der Waals surface area contributed by atoms with Gasteiger partial charge in [0, 0.05) is 37.8 Å². The van der Waals surface area contributed by atoms with Gasteiger partial charge in [-0.25, -0.2) is 0 Å². The fourth-order valence-corrected chi connectivity index (χ4v) is 5.68. The van der Waals surface area contributed by atoms with Crippen LogP contribution in [-0.2, 0) is 14.9 Å². The first-order valence-electron chi connectivity index (χ1n) is 7.89. The smallest absolute Gasteiger partial charge is 0.283 e. The molecule has 0 amide bonds. The molecule has 1 atom stereocenters. The van der Waals surface area contributed by atoms with Crippen LogP contribution in [0, 0.1) is 0 Å². The van der Waals surface area contributed by atoms with Crippen LogP contribution in [0.25, 0.3) is 0 Å². The van der Waals surface area contributed by atoms with Crippen LogP contribution in [0.5, 0.6) is 11.5 Å². The minimum Gasteiger partial charge on any atom is -0.508 e. The number of halogens is 4. The molecular weight excluding hydrogens is 482 g/mol. The Hall–Kier alpha value is -1.67. The first kappa shape index (κ1) is 22.0. The van der Waals surface area contributed by atoms with Crippen molar-refractivity contribution in [3.63, 3.8) is 0 Å². The second-order valence-corrected chi connectivity index (χ2v) is 9.30. The summed E-state index contributed by atoms with van der Waals surface area (Å²) in [5, 5.41) is 20.0. The van der Waals surface area contributed by atoms with Gasteiger partial charge >= 0.3 is 0 Å². The molecule has 0 fully saturated rings. The zero-order chi connectivity index (χ0) is 21.6. The molecule has 0 bridgehead atoms. The van der Waals surface area contributed by atoms with E-state index in [9.17, 15) is 23.2 Å². The maximum atomic E-state index is 13.0. The standard InChI is InChI=1S/C19H12Cl4O5S/c20-10-5-6-11(14(21)7-10)19(29(26,27)28,12-3-1-2-4-17(12)24)13-8-16(23)18(25)9-15(13)22/h1-9,24-25H,(H,26,27,28). The Morgan fingerprint density at radius 3 is 1.90 bits per heavy atom. The van der Waals surface area contributed by atoms with Crippen LogP contribution in [0.1, 0.15) is 16.7 Å². The summed E-state index contributed by atoms with van der Waals surface area (Å²) < 4.78 is 34.0. The van der Waals surface area contributed by atoms with E-state index in [1.165, 1.54) is 42.5 Å². The Morgan fingerprint density at radius 1 is 0.690 bits per heavy atom. The molecule has 0 saturated heterocycles. The fourth-order valence-electron chi connectivity index (χ4n) is 3.20. The SMILES string of the molecule is O=S(=O)(O)C(c1ccccc1O)(c1ccc(Cl)cc1Cl)c1cc(Cl)c(O)cc1Cl. The number of rotatable bonds is 4. The molecule has 3 aromatic carbocycles. The maximum Gasteiger partial charge on any atom is 0.283 e. The number of benzene rings is 3. The number of aromatic hydroxyl groups is 2. The van der Waals surface area contributed by atoms with Crippen LogP contribution in [0.15, 0.2) is 54.6 Å². The summed E-state index contributed by atoms with van der Waals surface area (Å²) in [7, 11) is -5.11. The number of phenolic OH excluding ortho intramolecular Hbond substituents is 2. The molecule has 29 heavy (non-hydrogen) atoms. The van der Waals surface area contributed by atoms with Crippen molar-refractivity contribution in [2.75, 3.05) is 0 Å². The maximum absolute atomic E-state index is 13.0. The van der Waals surface area contributed by atoms with E-state index >= 15 is 0 Å². The highest BCUT2D eigenvalue weighted by Gasteiger charge is 2.52. The minimum absolute atomic E-state index is 0.112. The Kier molecular flexibility index (Phi) is 5.98. The predicted octanol–water partition coefficient (Wildman–Crippen LogP) is 5.89. The number of para-hydroxylation sites is 1. The largest absolute Gasteiger partial charge is 0.508 e. The van der Waals surface area contributed by atoms with Crippen LogP contribution in [0.4, 0.5) is 0 Å². The van der Waals surface area contributed by atoms with Crippen LogP contribution >= 0.6 is 46.4 Å². The Morgan fingerprint density at radius 2 is 1.31 bits per heavy atom. The number of hydrogen-bond acceptors (Lipinski definition) is 4. The summed E-state index contributed by atoms with van der Waals surface area (Å²) in [6.07, 6.45) is 0. The van der Waals surface area contributed by atoms with Crippen LogP contribution in [0.3, 0.4) is 0 Å². The molecule has 0 radical (unpaired) electrons. The second kappa shape index (κ2) is 7.87. The van der Waals surface area contributed by atoms with Crippen molar-refractivity contribution in [3.8, 4) is 11.5 Å². The van der Waals surface area contributed by atoms with E-state index in [1.54, 1.807) is 0 Å². The van der Waals surface area contributed by atoms with Crippen molar-refractivity contribution >= 4 is 56.5 Å². The van der Waals surface area contributed by atoms with E-state index in [4.69, 9.17) is 46.4 Å². The highest BCUT2D eigenvalue weighted by molar-refractivity contribution is 7.87. The molecule has 0 aliphatic rings. The molecule has 3 rings (SSSR count). The van der Waals surface area contributed by atoms with E-state index in [2.05, 4.69) is 0 Å². The monoisotopic (exact) mass is 492 g/mol. The number of phenols is 2. The van der Waals surface area contributed by atoms with Gasteiger partial charge in [-0.1, -0.05) is 70.7 Å². The van der Waals surface area contributed by atoms with Crippen molar-refractivity contribution in [2.45, 2.75) is 4.75 Å². The lowest BCUT2D eigenvalue weighted by Gasteiger charge is -2.34. The Labute approximate surface area is 186 Å². The van der Waals surface area contributed by atoms with Gasteiger partial charge < -0.3 is 10.2 Å². The van der Waals surface area contributed by atoms with E-state index < -0.39 is 26.4 Å². The quantitative estimate of drug-likeness (QED) is 0.311. The summed E-state index contributed by atoms with van der Waals surface area (Å²) in [5.41, 5.74) is -0.582. The first-order chi connectivity index (χ1) is 13.5. The molecule has 3 aromatic rings. The molecule has 0 aliphatic heterocycles. The highest BCUT2D eigenvalue weighted by atomic mass is 35.5. The molecule has 5 nitrogen and oxygen atoms in total. The molecule has 0 aliphatic carbocycles. The van der Waals surface area contributed by atoms with Crippen LogP contribution in [-0.4, -0.2) is 23.2 Å². The van der Waals surface area contributed by atoms with E-state index in [0.717, 1.165) is 12.1 Å². The Balaban J connectivity index is 2.63. The topological polar surface area (TPSA) is 94.8 Å². The molecule has 1 unspecified atom stereocenters. The van der Waals surface area contributed by atoms with Crippen molar-refractivity contribution in [1.29, 1.82) is 0 Å². The van der Waals surface area contributed by atoms with Gasteiger partial charge in [0.25, 0.3) is 10.1 Å². The molecule has 0 spiro atoms. The third-order valence-electron chi connectivity index (χ3n) is 4.40. The van der Waals surface area contributed by atoms with Crippen LogP contribution in [0.2, 0.25) is 20.1 Å². The molecule has 3 N–H and O–H groups in total. The minimum atomic E-state index is -5.11. The Bertz CT molecular complexity index is 1210. The van der Waals surface area contributed by atoms with Crippen molar-refractivity contribution < 1.29 is 23.2 Å². The predicted molar refractivity (Wildman–Crippen MR) is 114 cm³/mol. The van der Waals surface area contributed by atoms with Gasteiger partial charge in [0.1, 0.15) is 11.5 Å². The third-order valence-corrected chi connectivity index (χ3v) is 6.99. The van der Waals surface area contributed by atoms with Gasteiger partial charge in [0.05, 0.1) is 5.02 Å².